The van der Waals surface area contributed by atoms with E-state index in [1.54, 1.807) is 42.5 Å². The molecule has 2 aromatic rings. The minimum Gasteiger partial charge on any atom is -0.493 e. The van der Waals surface area contributed by atoms with Gasteiger partial charge >= 0.3 is 0 Å². The summed E-state index contributed by atoms with van der Waals surface area (Å²) in [4.78, 5) is 0.146. The highest BCUT2D eigenvalue weighted by molar-refractivity contribution is 7.92. The molecule has 0 amide bonds. The topological polar surface area (TPSA) is 90.0 Å². The van der Waals surface area contributed by atoms with E-state index in [9.17, 15) is 16.8 Å². The van der Waals surface area contributed by atoms with E-state index in [0.717, 1.165) is 5.56 Å². The zero-order valence-corrected chi connectivity index (χ0v) is 18.3. The maximum absolute atomic E-state index is 13.4. The van der Waals surface area contributed by atoms with E-state index in [0.29, 0.717) is 17.1 Å². The second-order valence-corrected chi connectivity index (χ2v) is 11.2. The largest absolute Gasteiger partial charge is 0.493 e. The molecule has 9 heteroatoms. The van der Waals surface area contributed by atoms with Crippen molar-refractivity contribution in [3.05, 3.63) is 53.6 Å². The van der Waals surface area contributed by atoms with E-state index in [2.05, 4.69) is 0 Å². The summed E-state index contributed by atoms with van der Waals surface area (Å²) < 4.78 is 62.7. The number of sulfone groups is 1. The van der Waals surface area contributed by atoms with Crippen LogP contribution >= 0.6 is 0 Å². The molecule has 1 aliphatic heterocycles. The zero-order valence-electron chi connectivity index (χ0n) is 16.7. The summed E-state index contributed by atoms with van der Waals surface area (Å²) in [5, 5.41) is 0. The molecular formula is C20H25NO6S2. The summed E-state index contributed by atoms with van der Waals surface area (Å²) in [7, 11) is -4.12. The minimum atomic E-state index is -3.89. The molecule has 1 atom stereocenters. The van der Waals surface area contributed by atoms with E-state index in [4.69, 9.17) is 9.47 Å². The van der Waals surface area contributed by atoms with E-state index < -0.39 is 25.9 Å². The lowest BCUT2D eigenvalue weighted by Gasteiger charge is -2.28. The summed E-state index contributed by atoms with van der Waals surface area (Å²) >= 11 is 0. The van der Waals surface area contributed by atoms with E-state index in [-0.39, 0.29) is 29.4 Å². The first-order chi connectivity index (χ1) is 13.7. The Labute approximate surface area is 172 Å². The fourth-order valence-corrected chi connectivity index (χ4v) is 6.88. The Balaban J connectivity index is 2.01. The molecule has 0 unspecified atom stereocenters. The van der Waals surface area contributed by atoms with Crippen molar-refractivity contribution >= 4 is 19.9 Å². The molecular weight excluding hydrogens is 414 g/mol. The maximum atomic E-state index is 13.4. The van der Waals surface area contributed by atoms with Crippen LogP contribution in [0.4, 0.5) is 0 Å². The van der Waals surface area contributed by atoms with Crippen LogP contribution in [0.15, 0.2) is 47.4 Å². The van der Waals surface area contributed by atoms with Gasteiger partial charge in [0.25, 0.3) is 0 Å². The van der Waals surface area contributed by atoms with Gasteiger partial charge in [0.2, 0.25) is 10.0 Å². The van der Waals surface area contributed by atoms with Crippen LogP contribution in [0, 0.1) is 6.92 Å². The monoisotopic (exact) mass is 439 g/mol. The fraction of sp³-hybridized carbons (Fsp3) is 0.400. The number of sulfonamides is 1. The molecule has 1 fully saturated rings. The standard InChI is InChI=1S/C20H25NO6S2/c1-15-4-7-18(8-5-15)29(24,25)21(17-10-11-28(22,23)14-17)13-16-6-9-19(26-2)20(12-16)27-3/h4-9,12,17H,10-11,13-14H2,1-3H3/t17-/m0/s1. The normalized spacial score (nSPS) is 18.7. The molecule has 1 saturated heterocycles. The predicted molar refractivity (Wildman–Crippen MR) is 111 cm³/mol. The third kappa shape index (κ3) is 4.73. The van der Waals surface area contributed by atoms with E-state index in [1.807, 2.05) is 6.92 Å². The van der Waals surface area contributed by atoms with Crippen molar-refractivity contribution in [2.45, 2.75) is 30.8 Å². The third-order valence-corrected chi connectivity index (χ3v) is 8.69. The van der Waals surface area contributed by atoms with Gasteiger partial charge in [-0.25, -0.2) is 16.8 Å². The lowest BCUT2D eigenvalue weighted by atomic mass is 10.1. The van der Waals surface area contributed by atoms with Crippen LogP contribution in [-0.4, -0.2) is 52.9 Å². The molecule has 0 aromatic heterocycles. The average Bonchev–Trinajstić information content (AvgIpc) is 3.05. The molecule has 1 heterocycles. The van der Waals surface area contributed by atoms with Gasteiger partial charge in [0, 0.05) is 12.6 Å². The maximum Gasteiger partial charge on any atom is 0.243 e. The molecule has 0 bridgehead atoms. The average molecular weight is 440 g/mol. The first kappa shape index (κ1) is 21.6. The fourth-order valence-electron chi connectivity index (χ4n) is 3.42. The predicted octanol–water partition coefficient (Wildman–Crippen LogP) is 2.39. The summed E-state index contributed by atoms with van der Waals surface area (Å²) in [6, 6.07) is 11.1. The number of methoxy groups -OCH3 is 2. The van der Waals surface area contributed by atoms with Gasteiger partial charge in [0.1, 0.15) is 0 Å². The van der Waals surface area contributed by atoms with Crippen molar-refractivity contribution in [2.24, 2.45) is 0 Å². The van der Waals surface area contributed by atoms with Crippen molar-refractivity contribution in [3.8, 4) is 11.5 Å². The molecule has 158 valence electrons. The molecule has 1 aliphatic rings. The van der Waals surface area contributed by atoms with Crippen LogP contribution in [0.1, 0.15) is 17.5 Å². The van der Waals surface area contributed by atoms with Gasteiger partial charge in [-0.1, -0.05) is 23.8 Å². The van der Waals surface area contributed by atoms with Crippen LogP contribution in [0.2, 0.25) is 0 Å². The van der Waals surface area contributed by atoms with Gasteiger partial charge in [-0.05, 0) is 43.2 Å². The molecule has 0 N–H and O–H groups in total. The van der Waals surface area contributed by atoms with Gasteiger partial charge < -0.3 is 9.47 Å². The summed E-state index contributed by atoms with van der Waals surface area (Å²) in [6.45, 7) is 1.91. The molecule has 0 radical (unpaired) electrons. The SMILES string of the molecule is COc1ccc(CN([C@H]2CCS(=O)(=O)C2)S(=O)(=O)c2ccc(C)cc2)cc1OC. The van der Waals surface area contributed by atoms with Crippen LogP contribution in [-0.2, 0) is 26.4 Å². The molecule has 3 rings (SSSR count). The molecule has 2 aromatic carbocycles. The van der Waals surface area contributed by atoms with Gasteiger partial charge in [-0.2, -0.15) is 4.31 Å². The second-order valence-electron chi connectivity index (χ2n) is 7.11. The van der Waals surface area contributed by atoms with Gasteiger partial charge in [-0.3, -0.25) is 0 Å². The number of nitrogens with zero attached hydrogens (tertiary/aromatic N) is 1. The first-order valence-corrected chi connectivity index (χ1v) is 12.4. The summed E-state index contributed by atoms with van der Waals surface area (Å²) in [5.41, 5.74) is 1.63. The van der Waals surface area contributed by atoms with Crippen LogP contribution in [0.5, 0.6) is 11.5 Å². The number of aryl methyl sites for hydroxylation is 1. The minimum absolute atomic E-state index is 0.0104. The second kappa shape index (κ2) is 8.33. The molecule has 7 nitrogen and oxygen atoms in total. The highest BCUT2D eigenvalue weighted by Gasteiger charge is 2.38. The highest BCUT2D eigenvalue weighted by atomic mass is 32.2. The summed E-state index contributed by atoms with van der Waals surface area (Å²) in [5.74, 6) is 0.832. The Bertz CT molecular complexity index is 1080. The van der Waals surface area contributed by atoms with Crippen molar-refractivity contribution in [2.75, 3.05) is 25.7 Å². The molecule has 0 saturated carbocycles. The van der Waals surface area contributed by atoms with E-state index >= 15 is 0 Å². The van der Waals surface area contributed by atoms with Gasteiger partial charge in [0.15, 0.2) is 21.3 Å². The van der Waals surface area contributed by atoms with Gasteiger partial charge in [0.05, 0.1) is 30.6 Å². The summed E-state index contributed by atoms with van der Waals surface area (Å²) in [6.07, 6.45) is 0.278. The number of ether oxygens (including phenoxy) is 2. The Morgan fingerprint density at radius 2 is 1.69 bits per heavy atom. The zero-order chi connectivity index (χ0) is 21.2. The van der Waals surface area contributed by atoms with Crippen LogP contribution in [0.25, 0.3) is 0 Å². The van der Waals surface area contributed by atoms with Crippen molar-refractivity contribution < 1.29 is 26.3 Å². The Morgan fingerprint density at radius 1 is 1.03 bits per heavy atom. The van der Waals surface area contributed by atoms with Gasteiger partial charge in [-0.15, -0.1) is 0 Å². The van der Waals surface area contributed by atoms with Crippen molar-refractivity contribution in [3.63, 3.8) is 0 Å². The quantitative estimate of drug-likeness (QED) is 0.658. The van der Waals surface area contributed by atoms with Crippen LogP contribution < -0.4 is 9.47 Å². The Kier molecular flexibility index (Phi) is 6.21. The first-order valence-electron chi connectivity index (χ1n) is 9.16. The lowest BCUT2D eigenvalue weighted by Crippen LogP contribution is -2.40. The Hall–Kier alpha value is -2.10. The third-order valence-electron chi connectivity index (χ3n) is 5.03. The highest BCUT2D eigenvalue weighted by Crippen LogP contribution is 2.31. The Morgan fingerprint density at radius 3 is 2.24 bits per heavy atom. The van der Waals surface area contributed by atoms with Crippen LogP contribution in [0.3, 0.4) is 0 Å². The number of rotatable bonds is 7. The number of hydrogen-bond acceptors (Lipinski definition) is 6. The molecule has 29 heavy (non-hydrogen) atoms. The van der Waals surface area contributed by atoms with Crippen molar-refractivity contribution in [1.82, 2.24) is 4.31 Å². The number of hydrogen-bond donors (Lipinski definition) is 0. The number of benzene rings is 2. The van der Waals surface area contributed by atoms with E-state index in [1.165, 1.54) is 18.5 Å². The van der Waals surface area contributed by atoms with Crippen molar-refractivity contribution in [1.29, 1.82) is 0 Å². The lowest BCUT2D eigenvalue weighted by molar-refractivity contribution is 0.331. The smallest absolute Gasteiger partial charge is 0.243 e. The molecule has 0 aliphatic carbocycles. The molecule has 0 spiro atoms.